The molecule has 2 aromatic carbocycles. The topological polar surface area (TPSA) is 69.6 Å². The summed E-state index contributed by atoms with van der Waals surface area (Å²) in [5, 5.41) is 12.5. The highest BCUT2D eigenvalue weighted by molar-refractivity contribution is 7.99. The molecule has 0 atom stereocenters. The molecule has 3 rings (SSSR count). The van der Waals surface area contributed by atoms with Gasteiger partial charge in [0.15, 0.2) is 0 Å². The summed E-state index contributed by atoms with van der Waals surface area (Å²) in [6.45, 7) is 0. The molecule has 3 aromatic rings. The first-order valence-electron chi connectivity index (χ1n) is 5.71. The van der Waals surface area contributed by atoms with Gasteiger partial charge < -0.3 is 5.73 Å². The molecule has 0 aliphatic heterocycles. The normalized spacial score (nSPS) is 10.5. The zero-order chi connectivity index (χ0) is 13.1. The molecule has 0 saturated carbocycles. The Hall–Kier alpha value is -2.34. The molecule has 1 aromatic heterocycles. The third-order valence-corrected chi connectivity index (χ3v) is 3.59. The van der Waals surface area contributed by atoms with Gasteiger partial charge in [-0.25, -0.2) is 0 Å². The number of nitrogens with zero attached hydrogens (tertiary/aromatic N) is 4. The standard InChI is InChI=1S/C13H11N5S/c14-11-8-4-5-9-12(11)19-13-15-16-17-18(13)10-6-2-1-3-7-10/h1-9H,14H2. The molecule has 0 unspecified atom stereocenters. The fraction of sp³-hybridized carbons (Fsp3) is 0. The largest absolute Gasteiger partial charge is 0.398 e. The van der Waals surface area contributed by atoms with Crippen LogP contribution in [0.1, 0.15) is 0 Å². The van der Waals surface area contributed by atoms with E-state index in [1.54, 1.807) is 4.68 Å². The van der Waals surface area contributed by atoms with Crippen LogP contribution in [-0.2, 0) is 0 Å². The smallest absolute Gasteiger partial charge is 0.218 e. The van der Waals surface area contributed by atoms with Crippen molar-refractivity contribution in [3.8, 4) is 5.69 Å². The number of tetrazole rings is 1. The summed E-state index contributed by atoms with van der Waals surface area (Å²) in [6.07, 6.45) is 0. The molecular formula is C13H11N5S. The third-order valence-electron chi connectivity index (χ3n) is 2.56. The molecule has 19 heavy (non-hydrogen) atoms. The van der Waals surface area contributed by atoms with E-state index in [-0.39, 0.29) is 0 Å². The molecule has 0 aliphatic carbocycles. The molecule has 0 aliphatic rings. The number of hydrogen-bond donors (Lipinski definition) is 1. The van der Waals surface area contributed by atoms with Gasteiger partial charge in [-0.15, -0.1) is 5.10 Å². The number of nitrogens with two attached hydrogens (primary N) is 1. The third kappa shape index (κ3) is 2.43. The van der Waals surface area contributed by atoms with Crippen LogP contribution in [0.5, 0.6) is 0 Å². The first-order chi connectivity index (χ1) is 9.34. The molecule has 0 fully saturated rings. The van der Waals surface area contributed by atoms with Crippen LogP contribution in [0.3, 0.4) is 0 Å². The number of aromatic nitrogens is 4. The highest BCUT2D eigenvalue weighted by atomic mass is 32.2. The molecule has 0 bridgehead atoms. The van der Waals surface area contributed by atoms with Gasteiger partial charge >= 0.3 is 0 Å². The van der Waals surface area contributed by atoms with E-state index < -0.39 is 0 Å². The number of para-hydroxylation sites is 2. The minimum Gasteiger partial charge on any atom is -0.398 e. The molecular weight excluding hydrogens is 258 g/mol. The number of anilines is 1. The molecule has 5 nitrogen and oxygen atoms in total. The molecule has 6 heteroatoms. The van der Waals surface area contributed by atoms with E-state index in [4.69, 9.17) is 5.73 Å². The average molecular weight is 269 g/mol. The quantitative estimate of drug-likeness (QED) is 0.739. The van der Waals surface area contributed by atoms with Crippen molar-refractivity contribution in [1.29, 1.82) is 0 Å². The Kier molecular flexibility index (Phi) is 3.16. The van der Waals surface area contributed by atoms with E-state index in [0.29, 0.717) is 5.16 Å². The Morgan fingerprint density at radius 2 is 1.68 bits per heavy atom. The molecule has 0 amide bonds. The molecule has 1 heterocycles. The summed E-state index contributed by atoms with van der Waals surface area (Å²) >= 11 is 1.44. The van der Waals surface area contributed by atoms with Gasteiger partial charge in [0, 0.05) is 10.6 Å². The van der Waals surface area contributed by atoms with Gasteiger partial charge in [0.05, 0.1) is 5.69 Å². The van der Waals surface area contributed by atoms with E-state index in [2.05, 4.69) is 15.5 Å². The van der Waals surface area contributed by atoms with Gasteiger partial charge in [-0.05, 0) is 46.5 Å². The molecule has 0 saturated heterocycles. The van der Waals surface area contributed by atoms with E-state index in [1.165, 1.54) is 11.8 Å². The van der Waals surface area contributed by atoms with Crippen LogP contribution in [0.25, 0.3) is 5.69 Å². The maximum absolute atomic E-state index is 5.93. The number of benzene rings is 2. The summed E-state index contributed by atoms with van der Waals surface area (Å²) < 4.78 is 1.69. The minimum atomic E-state index is 0.684. The van der Waals surface area contributed by atoms with Crippen molar-refractivity contribution in [3.63, 3.8) is 0 Å². The van der Waals surface area contributed by atoms with Crippen LogP contribution in [0, 0.1) is 0 Å². The van der Waals surface area contributed by atoms with E-state index in [0.717, 1.165) is 16.3 Å². The first kappa shape index (κ1) is 11.7. The lowest BCUT2D eigenvalue weighted by Gasteiger charge is -2.05. The lowest BCUT2D eigenvalue weighted by atomic mass is 10.3. The lowest BCUT2D eigenvalue weighted by Crippen LogP contribution is -1.98. The summed E-state index contributed by atoms with van der Waals surface area (Å²) in [5.41, 5.74) is 7.57. The van der Waals surface area contributed by atoms with Crippen LogP contribution >= 0.6 is 11.8 Å². The second kappa shape index (κ2) is 5.11. The SMILES string of the molecule is Nc1ccccc1Sc1nnnn1-c1ccccc1. The van der Waals surface area contributed by atoms with Crippen LogP contribution < -0.4 is 5.73 Å². The number of rotatable bonds is 3. The van der Waals surface area contributed by atoms with Gasteiger partial charge in [0.1, 0.15) is 0 Å². The summed E-state index contributed by atoms with van der Waals surface area (Å²) in [4.78, 5) is 0.939. The van der Waals surface area contributed by atoms with Crippen LogP contribution in [0.2, 0.25) is 0 Å². The Morgan fingerprint density at radius 3 is 2.47 bits per heavy atom. The Balaban J connectivity index is 1.96. The fourth-order valence-corrected chi connectivity index (χ4v) is 2.48. The summed E-state index contributed by atoms with van der Waals surface area (Å²) in [5.74, 6) is 0. The average Bonchev–Trinajstić information content (AvgIpc) is 2.91. The molecule has 2 N–H and O–H groups in total. The first-order valence-corrected chi connectivity index (χ1v) is 6.52. The van der Waals surface area contributed by atoms with Crippen molar-refractivity contribution in [2.45, 2.75) is 10.1 Å². The molecule has 0 spiro atoms. The van der Waals surface area contributed by atoms with Crippen molar-refractivity contribution in [2.24, 2.45) is 0 Å². The Labute approximate surface area is 114 Å². The van der Waals surface area contributed by atoms with Crippen LogP contribution in [-0.4, -0.2) is 20.2 Å². The highest BCUT2D eigenvalue weighted by Gasteiger charge is 2.10. The van der Waals surface area contributed by atoms with Gasteiger partial charge in [-0.3, -0.25) is 0 Å². The van der Waals surface area contributed by atoms with E-state index in [1.807, 2.05) is 54.6 Å². The van der Waals surface area contributed by atoms with Gasteiger partial charge in [-0.2, -0.15) is 4.68 Å². The minimum absolute atomic E-state index is 0.684. The van der Waals surface area contributed by atoms with Gasteiger partial charge in [-0.1, -0.05) is 30.3 Å². The van der Waals surface area contributed by atoms with E-state index >= 15 is 0 Å². The van der Waals surface area contributed by atoms with Crippen molar-refractivity contribution >= 4 is 17.4 Å². The number of hydrogen-bond acceptors (Lipinski definition) is 5. The molecule has 94 valence electrons. The van der Waals surface area contributed by atoms with Crippen molar-refractivity contribution in [2.75, 3.05) is 5.73 Å². The highest BCUT2D eigenvalue weighted by Crippen LogP contribution is 2.30. The number of nitrogen functional groups attached to an aromatic ring is 1. The predicted molar refractivity (Wildman–Crippen MR) is 74.1 cm³/mol. The van der Waals surface area contributed by atoms with Crippen LogP contribution in [0.15, 0.2) is 64.6 Å². The van der Waals surface area contributed by atoms with Crippen molar-refractivity contribution in [1.82, 2.24) is 20.2 Å². The maximum atomic E-state index is 5.93. The second-order valence-corrected chi connectivity index (χ2v) is 4.86. The fourth-order valence-electron chi connectivity index (χ4n) is 1.65. The van der Waals surface area contributed by atoms with Crippen molar-refractivity contribution in [3.05, 3.63) is 54.6 Å². The predicted octanol–water partition coefficient (Wildman–Crippen LogP) is 2.40. The van der Waals surface area contributed by atoms with Crippen LogP contribution in [0.4, 0.5) is 5.69 Å². The van der Waals surface area contributed by atoms with E-state index in [9.17, 15) is 0 Å². The van der Waals surface area contributed by atoms with Gasteiger partial charge in [0.2, 0.25) is 5.16 Å². The second-order valence-electron chi connectivity index (χ2n) is 3.85. The lowest BCUT2D eigenvalue weighted by molar-refractivity contribution is 0.756. The van der Waals surface area contributed by atoms with Gasteiger partial charge in [0.25, 0.3) is 0 Å². The zero-order valence-corrected chi connectivity index (χ0v) is 10.8. The summed E-state index contributed by atoms with van der Waals surface area (Å²) in [6, 6.07) is 17.4. The van der Waals surface area contributed by atoms with Crippen molar-refractivity contribution < 1.29 is 0 Å². The Bertz CT molecular complexity index is 680. The zero-order valence-electron chi connectivity index (χ0n) is 9.97. The summed E-state index contributed by atoms with van der Waals surface area (Å²) in [7, 11) is 0. The monoisotopic (exact) mass is 269 g/mol. The Morgan fingerprint density at radius 1 is 0.947 bits per heavy atom. The maximum Gasteiger partial charge on any atom is 0.218 e. The molecule has 0 radical (unpaired) electrons.